The van der Waals surface area contributed by atoms with Crippen molar-refractivity contribution in [1.29, 1.82) is 0 Å². The van der Waals surface area contributed by atoms with E-state index in [-0.39, 0.29) is 12.3 Å². The molecule has 0 atom stereocenters. The number of likely N-dealkylation sites (tertiary alicyclic amines) is 1. The number of nitrogens with zero attached hydrogens (tertiary/aromatic N) is 1. The van der Waals surface area contributed by atoms with Crippen molar-refractivity contribution >= 4 is 5.91 Å². The summed E-state index contributed by atoms with van der Waals surface area (Å²) in [6.07, 6.45) is 3.62. The van der Waals surface area contributed by atoms with Crippen LogP contribution in [-0.2, 0) is 6.42 Å². The Morgan fingerprint density at radius 1 is 0.935 bits per heavy atom. The third-order valence-corrected chi connectivity index (χ3v) is 6.96. The Hall–Kier alpha value is -2.47. The standard InChI is InChI=1S/C25H28F2N2O2/c26-25(27)17-21-16-20(8-9-22(21)31-24(25)10-12-28-13-11-24)18-4-6-19(7-5-18)23(30)29-14-2-1-3-15-29/h4-9,16,28H,1-3,10-15,17H2. The maximum absolute atomic E-state index is 15.1. The van der Waals surface area contributed by atoms with Gasteiger partial charge in [-0.15, -0.1) is 0 Å². The lowest BCUT2D eigenvalue weighted by atomic mass is 9.80. The maximum Gasteiger partial charge on any atom is 0.291 e. The molecule has 0 aliphatic carbocycles. The highest BCUT2D eigenvalue weighted by atomic mass is 19.3. The molecule has 0 bridgehead atoms. The van der Waals surface area contributed by atoms with Crippen LogP contribution < -0.4 is 10.1 Å². The van der Waals surface area contributed by atoms with E-state index in [2.05, 4.69) is 5.32 Å². The molecule has 0 radical (unpaired) electrons. The fraction of sp³-hybridized carbons (Fsp3) is 0.480. The molecule has 2 saturated heterocycles. The summed E-state index contributed by atoms with van der Waals surface area (Å²) in [7, 11) is 0. The highest BCUT2D eigenvalue weighted by Crippen LogP contribution is 2.48. The van der Waals surface area contributed by atoms with Crippen LogP contribution in [0.25, 0.3) is 11.1 Å². The van der Waals surface area contributed by atoms with E-state index in [4.69, 9.17) is 4.74 Å². The minimum absolute atomic E-state index is 0.0667. The molecule has 164 valence electrons. The minimum Gasteiger partial charge on any atom is -0.481 e. The molecule has 2 aromatic carbocycles. The van der Waals surface area contributed by atoms with Gasteiger partial charge in [-0.2, -0.15) is 0 Å². The normalized spacial score (nSPS) is 21.9. The zero-order chi connectivity index (χ0) is 21.5. The van der Waals surface area contributed by atoms with Crippen LogP contribution in [0.15, 0.2) is 42.5 Å². The predicted molar refractivity (Wildman–Crippen MR) is 116 cm³/mol. The molecule has 0 saturated carbocycles. The summed E-state index contributed by atoms with van der Waals surface area (Å²) in [6.45, 7) is 2.73. The molecule has 1 N–H and O–H groups in total. The number of amides is 1. The number of piperidine rings is 2. The van der Waals surface area contributed by atoms with Gasteiger partial charge in [0.2, 0.25) is 0 Å². The molecular formula is C25H28F2N2O2. The third-order valence-electron chi connectivity index (χ3n) is 6.96. The number of fused-ring (bicyclic) bond motifs is 1. The summed E-state index contributed by atoms with van der Waals surface area (Å²) < 4.78 is 36.1. The van der Waals surface area contributed by atoms with Crippen LogP contribution in [0.5, 0.6) is 5.75 Å². The average Bonchev–Trinajstić information content (AvgIpc) is 2.80. The second-order valence-electron chi connectivity index (χ2n) is 8.98. The first-order valence-corrected chi connectivity index (χ1v) is 11.3. The molecule has 3 aliphatic rings. The zero-order valence-electron chi connectivity index (χ0n) is 17.6. The molecule has 4 nitrogen and oxygen atoms in total. The first kappa shape index (κ1) is 20.4. The number of nitrogens with one attached hydrogen (secondary N) is 1. The van der Waals surface area contributed by atoms with Crippen LogP contribution in [-0.4, -0.2) is 48.5 Å². The van der Waals surface area contributed by atoms with Crippen molar-refractivity contribution in [3.05, 3.63) is 53.6 Å². The Labute approximate surface area is 181 Å². The maximum atomic E-state index is 15.1. The summed E-state index contributed by atoms with van der Waals surface area (Å²) >= 11 is 0. The van der Waals surface area contributed by atoms with E-state index in [1.165, 1.54) is 6.42 Å². The van der Waals surface area contributed by atoms with Gasteiger partial charge >= 0.3 is 0 Å². The van der Waals surface area contributed by atoms with Gasteiger partial charge < -0.3 is 15.0 Å². The molecule has 6 heteroatoms. The van der Waals surface area contributed by atoms with Crippen molar-refractivity contribution in [2.45, 2.75) is 50.0 Å². The second-order valence-corrected chi connectivity index (χ2v) is 8.98. The van der Waals surface area contributed by atoms with Crippen LogP contribution >= 0.6 is 0 Å². The molecule has 3 aliphatic heterocycles. The molecule has 1 amide bonds. The number of carbonyl (C=O) groups excluding carboxylic acids is 1. The van der Waals surface area contributed by atoms with Crippen LogP contribution in [0.4, 0.5) is 8.78 Å². The van der Waals surface area contributed by atoms with Crippen molar-refractivity contribution in [3.63, 3.8) is 0 Å². The first-order valence-electron chi connectivity index (χ1n) is 11.3. The number of alkyl halides is 2. The van der Waals surface area contributed by atoms with Crippen LogP contribution in [0, 0.1) is 0 Å². The highest BCUT2D eigenvalue weighted by molar-refractivity contribution is 5.94. The monoisotopic (exact) mass is 426 g/mol. The average molecular weight is 427 g/mol. The Morgan fingerprint density at radius 3 is 2.32 bits per heavy atom. The number of carbonyl (C=O) groups is 1. The van der Waals surface area contributed by atoms with Gasteiger partial charge in [-0.25, -0.2) is 8.78 Å². The minimum atomic E-state index is -2.90. The van der Waals surface area contributed by atoms with Crippen LogP contribution in [0.2, 0.25) is 0 Å². The molecule has 3 heterocycles. The van der Waals surface area contributed by atoms with Gasteiger partial charge in [-0.3, -0.25) is 4.79 Å². The number of ether oxygens (including phenoxy) is 1. The summed E-state index contributed by atoms with van der Waals surface area (Å²) in [6, 6.07) is 13.0. The van der Waals surface area contributed by atoms with E-state index < -0.39 is 11.5 Å². The van der Waals surface area contributed by atoms with Gasteiger partial charge in [0.05, 0.1) is 0 Å². The van der Waals surface area contributed by atoms with E-state index in [1.54, 1.807) is 6.07 Å². The largest absolute Gasteiger partial charge is 0.481 e. The van der Waals surface area contributed by atoms with Crippen molar-refractivity contribution < 1.29 is 18.3 Å². The lowest BCUT2D eigenvalue weighted by molar-refractivity contribution is -0.187. The van der Waals surface area contributed by atoms with Crippen molar-refractivity contribution in [3.8, 4) is 16.9 Å². The van der Waals surface area contributed by atoms with Gasteiger partial charge in [0.15, 0.2) is 5.60 Å². The number of hydrogen-bond acceptors (Lipinski definition) is 3. The molecular weight excluding hydrogens is 398 g/mol. The Kier molecular flexibility index (Phi) is 5.21. The Morgan fingerprint density at radius 2 is 1.61 bits per heavy atom. The number of benzene rings is 2. The van der Waals surface area contributed by atoms with Crippen LogP contribution in [0.1, 0.15) is 48.0 Å². The third kappa shape index (κ3) is 3.71. The van der Waals surface area contributed by atoms with Gasteiger partial charge in [0.1, 0.15) is 5.75 Å². The summed E-state index contributed by atoms with van der Waals surface area (Å²) in [5, 5.41) is 3.14. The second kappa shape index (κ2) is 7.90. The molecule has 2 fully saturated rings. The summed E-state index contributed by atoms with van der Waals surface area (Å²) in [5.41, 5.74) is 1.58. The lowest BCUT2D eigenvalue weighted by Crippen LogP contribution is -2.60. The van der Waals surface area contributed by atoms with E-state index in [9.17, 15) is 4.79 Å². The number of hydrogen-bond donors (Lipinski definition) is 1. The summed E-state index contributed by atoms with van der Waals surface area (Å²) in [5.74, 6) is -2.27. The van der Waals surface area contributed by atoms with E-state index >= 15 is 8.78 Å². The number of halogens is 2. The van der Waals surface area contributed by atoms with E-state index in [1.807, 2.05) is 41.3 Å². The smallest absolute Gasteiger partial charge is 0.291 e. The first-order chi connectivity index (χ1) is 15.0. The Bertz CT molecular complexity index is 962. The predicted octanol–water partition coefficient (Wildman–Crippen LogP) is 4.67. The number of rotatable bonds is 2. The van der Waals surface area contributed by atoms with Crippen molar-refractivity contribution in [2.75, 3.05) is 26.2 Å². The topological polar surface area (TPSA) is 41.6 Å². The van der Waals surface area contributed by atoms with Crippen molar-refractivity contribution in [2.24, 2.45) is 0 Å². The molecule has 31 heavy (non-hydrogen) atoms. The van der Waals surface area contributed by atoms with Crippen LogP contribution in [0.3, 0.4) is 0 Å². The quantitative estimate of drug-likeness (QED) is 0.759. The van der Waals surface area contributed by atoms with Gasteiger partial charge in [-0.1, -0.05) is 18.2 Å². The highest BCUT2D eigenvalue weighted by Gasteiger charge is 2.58. The Balaban J connectivity index is 1.37. The van der Waals surface area contributed by atoms with Gasteiger partial charge in [-0.05, 0) is 67.7 Å². The molecule has 5 rings (SSSR count). The molecule has 0 unspecified atom stereocenters. The molecule has 2 aromatic rings. The fourth-order valence-electron chi connectivity index (χ4n) is 5.07. The van der Waals surface area contributed by atoms with Gasteiger partial charge in [0, 0.05) is 43.5 Å². The van der Waals surface area contributed by atoms with E-state index in [0.717, 1.165) is 37.1 Å². The van der Waals surface area contributed by atoms with Gasteiger partial charge in [0.25, 0.3) is 11.8 Å². The zero-order valence-corrected chi connectivity index (χ0v) is 17.6. The van der Waals surface area contributed by atoms with Crippen molar-refractivity contribution in [1.82, 2.24) is 10.2 Å². The molecule has 0 aromatic heterocycles. The summed E-state index contributed by atoms with van der Waals surface area (Å²) in [4.78, 5) is 14.6. The fourth-order valence-corrected chi connectivity index (χ4v) is 5.07. The SMILES string of the molecule is O=C(c1ccc(-c2ccc3c(c2)CC(F)(F)C2(CCNCC2)O3)cc1)N1CCCCC1. The van der Waals surface area contributed by atoms with E-state index in [0.29, 0.717) is 42.8 Å². The lowest BCUT2D eigenvalue weighted by Gasteiger charge is -2.46. The molecule has 1 spiro atoms.